The van der Waals surface area contributed by atoms with Gasteiger partial charge in [-0.2, -0.15) is 4.98 Å². The van der Waals surface area contributed by atoms with E-state index in [1.807, 2.05) is 6.07 Å². The average molecular weight is 319 g/mol. The lowest BCUT2D eigenvalue weighted by Gasteiger charge is -2.28. The largest absolute Gasteiger partial charge is 0.396 e. The summed E-state index contributed by atoms with van der Waals surface area (Å²) in [5, 5.41) is 1.03. The molecule has 2 aromatic heterocycles. The molecular weight excluding hydrogens is 298 g/mol. The third-order valence-electron chi connectivity index (χ3n) is 4.32. The number of aromatic nitrogens is 2. The molecule has 2 aliphatic heterocycles. The van der Waals surface area contributed by atoms with Gasteiger partial charge in [-0.15, -0.1) is 0 Å². The number of rotatable bonds is 2. The zero-order valence-corrected chi connectivity index (χ0v) is 13.4. The number of piperidine rings is 1. The minimum absolute atomic E-state index is 0.768. The number of hydrogen-bond donors (Lipinski definition) is 1. The van der Waals surface area contributed by atoms with Crippen molar-refractivity contribution in [3.05, 3.63) is 6.07 Å². The molecule has 2 fully saturated rings. The van der Waals surface area contributed by atoms with Crippen molar-refractivity contribution >= 4 is 38.3 Å². The van der Waals surface area contributed by atoms with Gasteiger partial charge in [0.2, 0.25) is 0 Å². The predicted octanol–water partition coefficient (Wildman–Crippen LogP) is 2.10. The van der Waals surface area contributed by atoms with E-state index in [1.165, 1.54) is 19.3 Å². The molecule has 4 heterocycles. The zero-order chi connectivity index (χ0) is 14.9. The molecule has 2 aliphatic rings. The third kappa shape index (κ3) is 2.59. The topological polar surface area (TPSA) is 67.5 Å². The van der Waals surface area contributed by atoms with Crippen molar-refractivity contribution in [2.75, 3.05) is 54.9 Å². The highest BCUT2D eigenvalue weighted by Gasteiger charge is 2.19. The van der Waals surface area contributed by atoms with Crippen molar-refractivity contribution in [3.8, 4) is 0 Å². The van der Waals surface area contributed by atoms with Crippen LogP contribution in [-0.4, -0.2) is 49.4 Å². The Morgan fingerprint density at radius 2 is 1.77 bits per heavy atom. The van der Waals surface area contributed by atoms with Gasteiger partial charge in [0.05, 0.1) is 23.6 Å². The van der Waals surface area contributed by atoms with Gasteiger partial charge in [0.25, 0.3) is 0 Å². The Labute approximate surface area is 133 Å². The van der Waals surface area contributed by atoms with Gasteiger partial charge >= 0.3 is 0 Å². The first-order valence-electron chi connectivity index (χ1n) is 7.96. The van der Waals surface area contributed by atoms with E-state index in [1.54, 1.807) is 11.3 Å². The van der Waals surface area contributed by atoms with Gasteiger partial charge in [-0.3, -0.25) is 0 Å². The van der Waals surface area contributed by atoms with Gasteiger partial charge in [0.1, 0.15) is 0 Å². The van der Waals surface area contributed by atoms with E-state index in [4.69, 9.17) is 20.4 Å². The van der Waals surface area contributed by atoms with Gasteiger partial charge in [-0.25, -0.2) is 4.98 Å². The first-order chi connectivity index (χ1) is 10.8. The number of fused-ring (bicyclic) bond motifs is 1. The van der Waals surface area contributed by atoms with Crippen LogP contribution in [0.2, 0.25) is 0 Å². The summed E-state index contributed by atoms with van der Waals surface area (Å²) in [4.78, 5) is 14.1. The molecule has 0 radical (unpaired) electrons. The van der Waals surface area contributed by atoms with Crippen LogP contribution in [0, 0.1) is 0 Å². The quantitative estimate of drug-likeness (QED) is 0.914. The second-order valence-electron chi connectivity index (χ2n) is 5.87. The minimum atomic E-state index is 0.768. The van der Waals surface area contributed by atoms with Gasteiger partial charge in [0.15, 0.2) is 16.6 Å². The Morgan fingerprint density at radius 3 is 2.55 bits per heavy atom. The van der Waals surface area contributed by atoms with E-state index in [9.17, 15) is 0 Å². The van der Waals surface area contributed by atoms with E-state index in [0.717, 1.165) is 66.4 Å². The molecule has 6 nitrogen and oxygen atoms in total. The summed E-state index contributed by atoms with van der Waals surface area (Å²) in [6.07, 6.45) is 3.74. The summed E-state index contributed by atoms with van der Waals surface area (Å²) in [7, 11) is 0. The second-order valence-corrected chi connectivity index (χ2v) is 6.88. The van der Waals surface area contributed by atoms with Crippen LogP contribution in [0.25, 0.3) is 10.3 Å². The molecule has 22 heavy (non-hydrogen) atoms. The number of thiazole rings is 1. The van der Waals surface area contributed by atoms with Crippen molar-refractivity contribution in [1.82, 2.24) is 9.97 Å². The monoisotopic (exact) mass is 319 g/mol. The van der Waals surface area contributed by atoms with Gasteiger partial charge in [-0.05, 0) is 25.3 Å². The molecule has 2 saturated heterocycles. The molecule has 0 aliphatic carbocycles. The van der Waals surface area contributed by atoms with Gasteiger partial charge in [0, 0.05) is 26.2 Å². The molecule has 2 aromatic rings. The molecule has 0 saturated carbocycles. The van der Waals surface area contributed by atoms with E-state index in [-0.39, 0.29) is 0 Å². The fraction of sp³-hybridized carbons (Fsp3) is 0.600. The normalized spacial score (nSPS) is 19.8. The minimum Gasteiger partial charge on any atom is -0.396 e. The first-order valence-corrected chi connectivity index (χ1v) is 8.77. The molecule has 0 spiro atoms. The van der Waals surface area contributed by atoms with Crippen LogP contribution >= 0.6 is 11.3 Å². The lowest BCUT2D eigenvalue weighted by Crippen LogP contribution is -2.36. The Kier molecular flexibility index (Phi) is 3.75. The Hall–Kier alpha value is -1.60. The summed E-state index contributed by atoms with van der Waals surface area (Å²) in [5.74, 6) is 0.908. The summed E-state index contributed by atoms with van der Waals surface area (Å²) >= 11 is 1.67. The SMILES string of the molecule is Nc1cc2sc(N3CCOCC3)nc2nc1N1CCCCC1. The summed E-state index contributed by atoms with van der Waals surface area (Å²) < 4.78 is 6.47. The standard InChI is InChI=1S/C15H21N5OS/c16-11-10-12-13(17-14(11)19-4-2-1-3-5-19)18-15(22-12)20-6-8-21-9-7-20/h10H,1-9,16H2. The fourth-order valence-electron chi connectivity index (χ4n) is 3.11. The fourth-order valence-corrected chi connectivity index (χ4v) is 4.12. The van der Waals surface area contributed by atoms with Crippen LogP contribution in [0.5, 0.6) is 0 Å². The van der Waals surface area contributed by atoms with Crippen molar-refractivity contribution in [3.63, 3.8) is 0 Å². The highest BCUT2D eigenvalue weighted by atomic mass is 32.1. The van der Waals surface area contributed by atoms with Crippen LogP contribution < -0.4 is 15.5 Å². The molecule has 0 atom stereocenters. The molecule has 4 rings (SSSR count). The molecular formula is C15H21N5OS. The van der Waals surface area contributed by atoms with Crippen LogP contribution in [0.15, 0.2) is 6.07 Å². The van der Waals surface area contributed by atoms with E-state index < -0.39 is 0 Å². The van der Waals surface area contributed by atoms with Crippen molar-refractivity contribution in [2.24, 2.45) is 0 Å². The molecule has 7 heteroatoms. The highest BCUT2D eigenvalue weighted by Crippen LogP contribution is 2.33. The maximum absolute atomic E-state index is 6.25. The first kappa shape index (κ1) is 14.0. The number of hydrogen-bond acceptors (Lipinski definition) is 7. The Morgan fingerprint density at radius 1 is 1.00 bits per heavy atom. The lowest BCUT2D eigenvalue weighted by molar-refractivity contribution is 0.122. The maximum Gasteiger partial charge on any atom is 0.188 e. The zero-order valence-electron chi connectivity index (χ0n) is 12.6. The molecule has 0 amide bonds. The van der Waals surface area contributed by atoms with E-state index in [0.29, 0.717) is 0 Å². The number of pyridine rings is 1. The highest BCUT2D eigenvalue weighted by molar-refractivity contribution is 7.22. The Balaban J connectivity index is 1.67. The van der Waals surface area contributed by atoms with Gasteiger partial charge < -0.3 is 20.3 Å². The number of ether oxygens (including phenoxy) is 1. The molecule has 118 valence electrons. The number of anilines is 3. The van der Waals surface area contributed by atoms with Crippen LogP contribution in [0.3, 0.4) is 0 Å². The van der Waals surface area contributed by atoms with Crippen LogP contribution in [-0.2, 0) is 4.74 Å². The number of nitrogens with zero attached hydrogens (tertiary/aromatic N) is 4. The lowest BCUT2D eigenvalue weighted by atomic mass is 10.1. The summed E-state index contributed by atoms with van der Waals surface area (Å²) in [6.45, 7) is 5.42. The van der Waals surface area contributed by atoms with Crippen molar-refractivity contribution in [1.29, 1.82) is 0 Å². The summed E-state index contributed by atoms with van der Waals surface area (Å²) in [6, 6.07) is 2.04. The maximum atomic E-state index is 6.25. The summed E-state index contributed by atoms with van der Waals surface area (Å²) in [5.41, 5.74) is 7.84. The van der Waals surface area contributed by atoms with E-state index >= 15 is 0 Å². The van der Waals surface area contributed by atoms with Crippen LogP contribution in [0.1, 0.15) is 19.3 Å². The van der Waals surface area contributed by atoms with E-state index in [2.05, 4.69) is 9.80 Å². The van der Waals surface area contributed by atoms with Crippen molar-refractivity contribution < 1.29 is 4.74 Å². The molecule has 2 N–H and O–H groups in total. The molecule has 0 unspecified atom stereocenters. The molecule has 0 bridgehead atoms. The van der Waals surface area contributed by atoms with Crippen molar-refractivity contribution in [2.45, 2.75) is 19.3 Å². The second kappa shape index (κ2) is 5.89. The predicted molar refractivity (Wildman–Crippen MR) is 90.9 cm³/mol. The average Bonchev–Trinajstić information content (AvgIpc) is 2.98. The van der Waals surface area contributed by atoms with Gasteiger partial charge in [-0.1, -0.05) is 11.3 Å². The number of nitrogens with two attached hydrogens (primary N) is 1. The molecule has 0 aromatic carbocycles. The Bertz CT molecular complexity index is 661. The number of nitrogen functional groups attached to an aromatic ring is 1. The third-order valence-corrected chi connectivity index (χ3v) is 5.37. The number of morpholine rings is 1. The van der Waals surface area contributed by atoms with Crippen LogP contribution in [0.4, 0.5) is 16.6 Å². The smallest absolute Gasteiger partial charge is 0.188 e.